The molecule has 0 bridgehead atoms. The number of nitrogens with zero attached hydrogens (tertiary/aromatic N) is 7. The predicted octanol–water partition coefficient (Wildman–Crippen LogP) is 2.74. The average molecular weight is 408 g/mol. The monoisotopic (exact) mass is 407 g/mol. The number of aromatic nitrogens is 5. The van der Waals surface area contributed by atoms with Crippen LogP contribution in [-0.4, -0.2) is 63.4 Å². The van der Waals surface area contributed by atoms with Gasteiger partial charge in [-0.2, -0.15) is 0 Å². The van der Waals surface area contributed by atoms with E-state index in [1.807, 2.05) is 35.1 Å². The van der Waals surface area contributed by atoms with Crippen LogP contribution in [0.5, 0.6) is 5.75 Å². The third kappa shape index (κ3) is 4.14. The number of anilines is 1. The maximum Gasteiger partial charge on any atom is 0.175 e. The predicted molar refractivity (Wildman–Crippen MR) is 116 cm³/mol. The first kappa shape index (κ1) is 20.3. The minimum absolute atomic E-state index is 0.0899. The van der Waals surface area contributed by atoms with E-state index in [1.165, 1.54) is 5.69 Å². The largest absolute Gasteiger partial charge is 0.497 e. The van der Waals surface area contributed by atoms with Gasteiger partial charge in [-0.25, -0.2) is 4.68 Å². The van der Waals surface area contributed by atoms with Crippen LogP contribution in [0.3, 0.4) is 0 Å². The second-order valence-corrected chi connectivity index (χ2v) is 8.50. The molecular weight excluding hydrogens is 378 g/mol. The molecule has 30 heavy (non-hydrogen) atoms. The molecule has 3 heterocycles. The molecule has 1 aliphatic heterocycles. The molecule has 1 fully saturated rings. The number of ether oxygens (including phenoxy) is 1. The van der Waals surface area contributed by atoms with Crippen LogP contribution in [-0.2, 0) is 5.54 Å². The fraction of sp³-hybridized carbons (Fsp3) is 0.455. The second kappa shape index (κ2) is 8.39. The number of tetrazole rings is 1. The summed E-state index contributed by atoms with van der Waals surface area (Å²) in [6.07, 6.45) is 1.83. The lowest BCUT2D eigenvalue weighted by molar-refractivity contribution is 0.188. The number of methoxy groups -OCH3 is 1. The first-order valence-electron chi connectivity index (χ1n) is 10.3. The van der Waals surface area contributed by atoms with Gasteiger partial charge in [-0.3, -0.25) is 9.88 Å². The van der Waals surface area contributed by atoms with Gasteiger partial charge in [-0.15, -0.1) is 5.10 Å². The number of benzene rings is 1. The molecule has 0 spiro atoms. The third-order valence-corrected chi connectivity index (χ3v) is 5.44. The Hall–Kier alpha value is -3.00. The fourth-order valence-corrected chi connectivity index (χ4v) is 3.91. The van der Waals surface area contributed by atoms with Gasteiger partial charge >= 0.3 is 0 Å². The molecule has 0 amide bonds. The van der Waals surface area contributed by atoms with Crippen molar-refractivity contribution < 1.29 is 4.74 Å². The zero-order valence-electron chi connectivity index (χ0n) is 18.1. The highest BCUT2D eigenvalue weighted by atomic mass is 16.5. The molecule has 0 saturated carbocycles. The highest BCUT2D eigenvalue weighted by Crippen LogP contribution is 2.30. The normalized spacial score (nSPS) is 16.5. The van der Waals surface area contributed by atoms with Crippen molar-refractivity contribution in [2.24, 2.45) is 0 Å². The van der Waals surface area contributed by atoms with E-state index < -0.39 is 0 Å². The molecule has 8 nitrogen and oxygen atoms in total. The molecule has 1 aliphatic rings. The summed E-state index contributed by atoms with van der Waals surface area (Å²) < 4.78 is 7.30. The molecule has 1 aromatic carbocycles. The van der Waals surface area contributed by atoms with Gasteiger partial charge in [0.25, 0.3) is 0 Å². The minimum Gasteiger partial charge on any atom is -0.497 e. The molecule has 1 atom stereocenters. The molecule has 4 rings (SSSR count). The number of rotatable bonds is 5. The zero-order valence-corrected chi connectivity index (χ0v) is 18.1. The molecule has 3 aromatic rings. The summed E-state index contributed by atoms with van der Waals surface area (Å²) in [5.74, 6) is 1.71. The standard InChI is InChI=1S/C22H29N7O/c1-22(2,3)29-21(24-25-26-29)20(19-10-5-6-11-23-19)28-14-12-27(13-15-28)17-8-7-9-18(16-17)30-4/h5-11,16,20H,12-15H2,1-4H3/t20-/m0/s1. The summed E-state index contributed by atoms with van der Waals surface area (Å²) in [5.41, 5.74) is 1.93. The Labute approximate surface area is 177 Å². The Bertz CT molecular complexity index is 959. The lowest BCUT2D eigenvalue weighted by atomic mass is 10.1. The second-order valence-electron chi connectivity index (χ2n) is 8.50. The lowest BCUT2D eigenvalue weighted by Crippen LogP contribution is -2.49. The van der Waals surface area contributed by atoms with Crippen LogP contribution in [0.2, 0.25) is 0 Å². The molecule has 0 aliphatic carbocycles. The van der Waals surface area contributed by atoms with E-state index >= 15 is 0 Å². The maximum atomic E-state index is 5.39. The van der Waals surface area contributed by atoms with Gasteiger partial charge in [0.05, 0.1) is 18.3 Å². The van der Waals surface area contributed by atoms with Gasteiger partial charge < -0.3 is 9.64 Å². The summed E-state index contributed by atoms with van der Waals surface area (Å²) in [7, 11) is 1.70. The highest BCUT2D eigenvalue weighted by Gasteiger charge is 2.34. The van der Waals surface area contributed by atoms with Crippen molar-refractivity contribution in [2.45, 2.75) is 32.4 Å². The summed E-state index contributed by atoms with van der Waals surface area (Å²) >= 11 is 0. The van der Waals surface area contributed by atoms with Crippen molar-refractivity contribution in [3.8, 4) is 5.75 Å². The van der Waals surface area contributed by atoms with Gasteiger partial charge in [-0.05, 0) is 55.5 Å². The van der Waals surface area contributed by atoms with Crippen LogP contribution in [0.4, 0.5) is 5.69 Å². The molecule has 2 aromatic heterocycles. The maximum absolute atomic E-state index is 5.39. The van der Waals surface area contributed by atoms with Gasteiger partial charge in [0, 0.05) is 44.1 Å². The molecule has 158 valence electrons. The Balaban J connectivity index is 1.60. The summed E-state index contributed by atoms with van der Waals surface area (Å²) in [6.45, 7) is 9.93. The van der Waals surface area contributed by atoms with Crippen molar-refractivity contribution in [2.75, 3.05) is 38.2 Å². The van der Waals surface area contributed by atoms with Crippen LogP contribution in [0.1, 0.15) is 38.3 Å². The lowest BCUT2D eigenvalue weighted by Gasteiger charge is -2.40. The van der Waals surface area contributed by atoms with E-state index in [2.05, 4.69) is 69.3 Å². The van der Waals surface area contributed by atoms with Crippen LogP contribution < -0.4 is 9.64 Å². The summed E-state index contributed by atoms with van der Waals surface area (Å²) in [6, 6.07) is 14.2. The fourth-order valence-electron chi connectivity index (χ4n) is 3.91. The number of piperazine rings is 1. The molecule has 1 saturated heterocycles. The molecule has 8 heteroatoms. The van der Waals surface area contributed by atoms with Gasteiger partial charge in [0.1, 0.15) is 11.8 Å². The Kier molecular flexibility index (Phi) is 5.67. The molecule has 0 N–H and O–H groups in total. The van der Waals surface area contributed by atoms with Gasteiger partial charge in [0.15, 0.2) is 5.82 Å². The Morgan fingerprint density at radius 2 is 1.80 bits per heavy atom. The molecule has 0 unspecified atom stereocenters. The minimum atomic E-state index is -0.214. The van der Waals surface area contributed by atoms with Crippen LogP contribution >= 0.6 is 0 Å². The van der Waals surface area contributed by atoms with Gasteiger partial charge in [0.2, 0.25) is 0 Å². The number of hydrogen-bond donors (Lipinski definition) is 0. The van der Waals surface area contributed by atoms with Crippen molar-refractivity contribution in [3.05, 3.63) is 60.2 Å². The van der Waals surface area contributed by atoms with Crippen LogP contribution in [0.15, 0.2) is 48.7 Å². The van der Waals surface area contributed by atoms with Gasteiger partial charge in [-0.1, -0.05) is 12.1 Å². The van der Waals surface area contributed by atoms with Crippen molar-refractivity contribution >= 4 is 5.69 Å². The Morgan fingerprint density at radius 1 is 1.00 bits per heavy atom. The molecule has 0 radical (unpaired) electrons. The number of hydrogen-bond acceptors (Lipinski definition) is 7. The van der Waals surface area contributed by atoms with E-state index in [-0.39, 0.29) is 11.6 Å². The van der Waals surface area contributed by atoms with Crippen molar-refractivity contribution in [1.29, 1.82) is 0 Å². The summed E-state index contributed by atoms with van der Waals surface area (Å²) in [5, 5.41) is 12.7. The van der Waals surface area contributed by atoms with Crippen LogP contribution in [0.25, 0.3) is 0 Å². The van der Waals surface area contributed by atoms with Crippen LogP contribution in [0, 0.1) is 0 Å². The van der Waals surface area contributed by atoms with Crippen molar-refractivity contribution in [1.82, 2.24) is 30.1 Å². The van der Waals surface area contributed by atoms with Crippen molar-refractivity contribution in [3.63, 3.8) is 0 Å². The SMILES string of the molecule is COc1cccc(N2CCN([C@@H](c3ccccn3)c3nnnn3C(C)(C)C)CC2)c1. The quantitative estimate of drug-likeness (QED) is 0.644. The first-order valence-corrected chi connectivity index (χ1v) is 10.3. The zero-order chi connectivity index (χ0) is 21.1. The van der Waals surface area contributed by atoms with E-state index in [1.54, 1.807) is 7.11 Å². The van der Waals surface area contributed by atoms with E-state index in [0.717, 1.165) is 43.4 Å². The highest BCUT2D eigenvalue weighted by molar-refractivity contribution is 5.51. The smallest absolute Gasteiger partial charge is 0.175 e. The first-order chi connectivity index (χ1) is 14.5. The Morgan fingerprint density at radius 3 is 2.47 bits per heavy atom. The molecular formula is C22H29N7O. The van der Waals surface area contributed by atoms with E-state index in [0.29, 0.717) is 0 Å². The van der Waals surface area contributed by atoms with E-state index in [9.17, 15) is 0 Å². The topological polar surface area (TPSA) is 72.2 Å². The average Bonchev–Trinajstić information content (AvgIpc) is 3.25. The number of pyridine rings is 1. The summed E-state index contributed by atoms with van der Waals surface area (Å²) in [4.78, 5) is 9.47. The third-order valence-electron chi connectivity index (χ3n) is 5.44. The van der Waals surface area contributed by atoms with E-state index in [4.69, 9.17) is 4.74 Å².